The fourth-order valence-corrected chi connectivity index (χ4v) is 4.32. The predicted octanol–water partition coefficient (Wildman–Crippen LogP) is 5.33. The predicted molar refractivity (Wildman–Crippen MR) is 120 cm³/mol. The molecule has 1 aliphatic rings. The lowest BCUT2D eigenvalue weighted by atomic mass is 9.84. The molecule has 0 unspecified atom stereocenters. The van der Waals surface area contributed by atoms with Gasteiger partial charge in [-0.25, -0.2) is 18.0 Å². The lowest BCUT2D eigenvalue weighted by Gasteiger charge is -2.48. The summed E-state index contributed by atoms with van der Waals surface area (Å²) < 4.78 is 52.3. The van der Waals surface area contributed by atoms with Crippen LogP contribution in [-0.2, 0) is 10.3 Å². The van der Waals surface area contributed by atoms with Gasteiger partial charge in [-0.2, -0.15) is 0 Å². The van der Waals surface area contributed by atoms with Gasteiger partial charge in [0.2, 0.25) is 0 Å². The summed E-state index contributed by atoms with van der Waals surface area (Å²) in [6.45, 7) is 1.94. The molecule has 0 radical (unpaired) electrons. The molecular formula is C24H24F3N3O4. The second kappa shape index (κ2) is 9.02. The first-order valence-corrected chi connectivity index (χ1v) is 10.5. The molecule has 0 saturated carbocycles. The molecule has 2 N–H and O–H groups in total. The summed E-state index contributed by atoms with van der Waals surface area (Å²) in [6.07, 6.45) is -2.38. The van der Waals surface area contributed by atoms with Crippen LogP contribution in [0, 0.1) is 5.82 Å². The Labute approximate surface area is 194 Å². The second-order valence-corrected chi connectivity index (χ2v) is 8.18. The number of aromatic nitrogens is 1. The van der Waals surface area contributed by atoms with Gasteiger partial charge in [0.25, 0.3) is 6.43 Å². The molecule has 0 spiro atoms. The molecule has 10 heteroatoms. The number of hydrogen-bond acceptors (Lipinski definition) is 5. The van der Waals surface area contributed by atoms with Crippen molar-refractivity contribution in [1.29, 1.82) is 0 Å². The van der Waals surface area contributed by atoms with E-state index in [4.69, 9.17) is 9.47 Å². The van der Waals surface area contributed by atoms with E-state index in [0.717, 1.165) is 6.07 Å². The summed E-state index contributed by atoms with van der Waals surface area (Å²) >= 11 is 0. The van der Waals surface area contributed by atoms with Crippen molar-refractivity contribution in [3.8, 4) is 5.75 Å². The van der Waals surface area contributed by atoms with Gasteiger partial charge in [0.05, 0.1) is 37.3 Å². The molecule has 1 saturated heterocycles. The number of alkyl halides is 2. The van der Waals surface area contributed by atoms with E-state index in [1.165, 1.54) is 31.3 Å². The van der Waals surface area contributed by atoms with Crippen molar-refractivity contribution in [2.75, 3.05) is 32.6 Å². The maximum Gasteiger partial charge on any atom is 0.407 e. The van der Waals surface area contributed by atoms with Gasteiger partial charge in [0, 0.05) is 41.6 Å². The van der Waals surface area contributed by atoms with Crippen molar-refractivity contribution in [3.05, 3.63) is 65.1 Å². The maximum atomic E-state index is 14.7. The molecule has 180 valence electrons. The molecule has 1 atom stereocenters. The Morgan fingerprint density at radius 2 is 1.91 bits per heavy atom. The number of hydrogen-bond donors (Lipinski definition) is 2. The van der Waals surface area contributed by atoms with Crippen molar-refractivity contribution in [2.24, 2.45) is 0 Å². The van der Waals surface area contributed by atoms with Gasteiger partial charge < -0.3 is 24.8 Å². The highest BCUT2D eigenvalue weighted by Crippen LogP contribution is 2.43. The Bertz CT molecular complexity index is 1230. The van der Waals surface area contributed by atoms with E-state index >= 15 is 0 Å². The smallest absolute Gasteiger partial charge is 0.407 e. The third-order valence-electron chi connectivity index (χ3n) is 6.24. The van der Waals surface area contributed by atoms with Crippen LogP contribution in [0.3, 0.4) is 0 Å². The van der Waals surface area contributed by atoms with Gasteiger partial charge in [-0.1, -0.05) is 18.2 Å². The van der Waals surface area contributed by atoms with Crippen molar-refractivity contribution < 1.29 is 32.5 Å². The molecule has 0 aliphatic carbocycles. The number of likely N-dealkylation sites (tertiary alicyclic amines) is 1. The topological polar surface area (TPSA) is 83.9 Å². The Morgan fingerprint density at radius 1 is 1.21 bits per heavy atom. The Balaban J connectivity index is 1.75. The molecule has 0 bridgehead atoms. The quantitative estimate of drug-likeness (QED) is 0.481. The minimum Gasteiger partial charge on any atom is -0.496 e. The normalized spacial score (nSPS) is 15.8. The number of amides is 1. The summed E-state index contributed by atoms with van der Waals surface area (Å²) in [7, 11) is 3.01. The first-order chi connectivity index (χ1) is 16.2. The van der Waals surface area contributed by atoms with Crippen LogP contribution in [0.2, 0.25) is 0 Å². The van der Waals surface area contributed by atoms with Crippen LogP contribution in [0.5, 0.6) is 5.75 Å². The van der Waals surface area contributed by atoms with E-state index in [-0.39, 0.29) is 18.7 Å². The summed E-state index contributed by atoms with van der Waals surface area (Å²) in [5, 5.41) is 13.1. The maximum absolute atomic E-state index is 14.7. The van der Waals surface area contributed by atoms with E-state index in [2.05, 4.69) is 10.3 Å². The van der Waals surface area contributed by atoms with Crippen molar-refractivity contribution in [3.63, 3.8) is 0 Å². The molecule has 4 rings (SSSR count). The molecule has 7 nitrogen and oxygen atoms in total. The standard InChI is InChI=1S/C24H24F3N3O4/c1-13(14-5-4-6-15(21(14)25)22(26)27)29-18-7-8-28-19-10-20(33-2)17(9-16(18)19)24(34-3)11-30(12-24)23(31)32/h4-10,13,22H,11-12H2,1-3H3,(H,28,29)(H,31,32)/t13-/m1/s1. The lowest BCUT2D eigenvalue weighted by molar-refractivity contribution is -0.118. The molecule has 1 amide bonds. The van der Waals surface area contributed by atoms with Crippen molar-refractivity contribution in [1.82, 2.24) is 9.88 Å². The van der Waals surface area contributed by atoms with Crippen LogP contribution >= 0.6 is 0 Å². The van der Waals surface area contributed by atoms with E-state index < -0.39 is 35.5 Å². The first kappa shape index (κ1) is 23.6. The molecule has 1 fully saturated rings. The first-order valence-electron chi connectivity index (χ1n) is 10.5. The summed E-state index contributed by atoms with van der Waals surface area (Å²) in [6, 6.07) is 8.54. The monoisotopic (exact) mass is 475 g/mol. The van der Waals surface area contributed by atoms with E-state index in [9.17, 15) is 23.1 Å². The number of rotatable bonds is 7. The average Bonchev–Trinajstić information content (AvgIpc) is 2.78. The number of carboxylic acid groups (broad SMARTS) is 1. The Hall–Kier alpha value is -3.53. The number of methoxy groups -OCH3 is 2. The van der Waals surface area contributed by atoms with Crippen LogP contribution < -0.4 is 10.1 Å². The number of nitrogens with zero attached hydrogens (tertiary/aromatic N) is 2. The van der Waals surface area contributed by atoms with Gasteiger partial charge in [0.15, 0.2) is 0 Å². The molecule has 3 aromatic rings. The number of carbonyl (C=O) groups is 1. The molecule has 2 aromatic carbocycles. The fourth-order valence-electron chi connectivity index (χ4n) is 4.32. The van der Waals surface area contributed by atoms with E-state index in [0.29, 0.717) is 27.9 Å². The highest BCUT2D eigenvalue weighted by atomic mass is 19.3. The van der Waals surface area contributed by atoms with Gasteiger partial charge in [-0.3, -0.25) is 4.98 Å². The number of fused-ring (bicyclic) bond motifs is 1. The number of anilines is 1. The Morgan fingerprint density at radius 3 is 2.53 bits per heavy atom. The number of halogens is 3. The Kier molecular flexibility index (Phi) is 6.26. The number of ether oxygens (including phenoxy) is 2. The molecule has 1 aliphatic heterocycles. The number of nitrogens with one attached hydrogen (secondary N) is 1. The zero-order valence-electron chi connectivity index (χ0n) is 18.8. The van der Waals surface area contributed by atoms with Crippen LogP contribution in [0.4, 0.5) is 23.7 Å². The van der Waals surface area contributed by atoms with Gasteiger partial charge >= 0.3 is 6.09 Å². The van der Waals surface area contributed by atoms with Crippen LogP contribution in [-0.4, -0.2) is 48.4 Å². The lowest BCUT2D eigenvalue weighted by Crippen LogP contribution is -2.62. The van der Waals surface area contributed by atoms with Gasteiger partial charge in [0.1, 0.15) is 17.2 Å². The van der Waals surface area contributed by atoms with Crippen molar-refractivity contribution in [2.45, 2.75) is 25.0 Å². The highest BCUT2D eigenvalue weighted by molar-refractivity contribution is 5.93. The molecule has 1 aromatic heterocycles. The second-order valence-electron chi connectivity index (χ2n) is 8.18. The van der Waals surface area contributed by atoms with Gasteiger partial charge in [-0.05, 0) is 19.1 Å². The van der Waals surface area contributed by atoms with Gasteiger partial charge in [-0.15, -0.1) is 0 Å². The van der Waals surface area contributed by atoms with Crippen LogP contribution in [0.15, 0.2) is 42.6 Å². The molecule has 2 heterocycles. The van der Waals surface area contributed by atoms with Crippen LogP contribution in [0.25, 0.3) is 10.9 Å². The highest BCUT2D eigenvalue weighted by Gasteiger charge is 2.49. The number of benzene rings is 2. The van der Waals surface area contributed by atoms with E-state index in [1.807, 2.05) is 6.07 Å². The third-order valence-corrected chi connectivity index (χ3v) is 6.24. The fraction of sp³-hybridized carbons (Fsp3) is 0.333. The van der Waals surface area contributed by atoms with E-state index in [1.54, 1.807) is 25.3 Å². The third kappa shape index (κ3) is 3.98. The average molecular weight is 475 g/mol. The number of pyridine rings is 1. The minimum absolute atomic E-state index is 0.112. The summed E-state index contributed by atoms with van der Waals surface area (Å²) in [5.41, 5.74) is 0.406. The molecule has 34 heavy (non-hydrogen) atoms. The zero-order chi connectivity index (χ0) is 24.6. The van der Waals surface area contributed by atoms with Crippen molar-refractivity contribution >= 4 is 22.7 Å². The molecular weight excluding hydrogens is 451 g/mol. The minimum atomic E-state index is -2.91. The zero-order valence-corrected chi connectivity index (χ0v) is 18.8. The summed E-state index contributed by atoms with van der Waals surface area (Å²) in [4.78, 5) is 16.9. The summed E-state index contributed by atoms with van der Waals surface area (Å²) in [5.74, 6) is -0.451. The van der Waals surface area contributed by atoms with Crippen LogP contribution in [0.1, 0.15) is 36.1 Å². The SMILES string of the molecule is COc1cc2nccc(N[C@H](C)c3cccc(C(F)F)c3F)c2cc1C1(OC)CN(C(=O)O)C1. The largest absolute Gasteiger partial charge is 0.496 e.